The molecule has 0 spiro atoms. The molecule has 4 aliphatic carbocycles. The Morgan fingerprint density at radius 3 is 0.894 bits per heavy atom. The van der Waals surface area contributed by atoms with Crippen molar-refractivity contribution in [3.8, 4) is 45.0 Å². The van der Waals surface area contributed by atoms with Gasteiger partial charge in [0.25, 0.3) is 0 Å². The maximum Gasteiger partial charge on any atom is 0.162 e. The predicted octanol–water partition coefficient (Wildman–Crippen LogP) is 33.5. The van der Waals surface area contributed by atoms with Crippen LogP contribution in [0.15, 0.2) is 217 Å². The van der Waals surface area contributed by atoms with Crippen LogP contribution in [0.2, 0.25) is 0 Å². The first kappa shape index (κ1) is 123. The van der Waals surface area contributed by atoms with E-state index in [4.69, 9.17) is 25.0 Å². The van der Waals surface area contributed by atoms with Crippen LogP contribution >= 0.6 is 0 Å². The maximum absolute atomic E-state index is 12.0. The second-order valence-electron chi connectivity index (χ2n) is 38.7. The number of nitrogens with zero attached hydrogens (tertiary/aromatic N) is 4. The van der Waals surface area contributed by atoms with Gasteiger partial charge in [-0.3, -0.25) is 39.1 Å². The number of aliphatic hydroxyl groups excluding tert-OH is 4. The van der Waals surface area contributed by atoms with E-state index in [1.807, 2.05) is 27.7 Å². The summed E-state index contributed by atoms with van der Waals surface area (Å²) >= 11 is 0. The van der Waals surface area contributed by atoms with Gasteiger partial charge >= 0.3 is 0 Å². The molecule has 12 nitrogen and oxygen atoms in total. The third kappa shape index (κ3) is 39.3. The van der Waals surface area contributed by atoms with Crippen molar-refractivity contribution < 1.29 is 120 Å². The molecule has 12 aromatic rings. The van der Waals surface area contributed by atoms with Crippen LogP contribution in [0.5, 0.6) is 0 Å². The molecule has 4 radical (unpaired) electrons. The summed E-state index contributed by atoms with van der Waals surface area (Å²) in [5.41, 5.74) is 27.9. The van der Waals surface area contributed by atoms with Crippen molar-refractivity contribution in [2.75, 3.05) is 0 Å². The Bertz CT molecular complexity index is 5650. The van der Waals surface area contributed by atoms with Gasteiger partial charge in [-0.25, -0.2) is 0 Å². The molecule has 4 aliphatic rings. The quantitative estimate of drug-likeness (QED) is 0.0227. The number of aliphatic hydroxyl groups is 4. The van der Waals surface area contributed by atoms with Crippen LogP contribution in [0.4, 0.5) is 0 Å². The van der Waals surface area contributed by atoms with Gasteiger partial charge in [-0.1, -0.05) is 298 Å². The van der Waals surface area contributed by atoms with Gasteiger partial charge in [0.2, 0.25) is 0 Å². The summed E-state index contributed by atoms with van der Waals surface area (Å²) in [4.78, 5) is 64.9. The summed E-state index contributed by atoms with van der Waals surface area (Å²) in [7, 11) is 0. The van der Waals surface area contributed by atoms with E-state index in [9.17, 15) is 34.5 Å². The average Bonchev–Trinajstić information content (AvgIpc) is 0.822. The Kier molecular flexibility index (Phi) is 56.1. The number of aryl methyl sites for hydroxylation is 12. The number of pyridine rings is 4. The average molecular weight is 2620 g/mol. The molecule has 0 unspecified atom stereocenters. The number of para-hydroxylation sites is 1. The van der Waals surface area contributed by atoms with Crippen LogP contribution in [0.1, 0.15) is 303 Å². The first-order chi connectivity index (χ1) is 66.4. The van der Waals surface area contributed by atoms with Gasteiger partial charge in [-0.2, -0.15) is 0 Å². The molecule has 4 fully saturated rings. The number of carbonyl (C=O) groups excluding carboxylic acids is 4. The third-order valence-corrected chi connectivity index (χ3v) is 26.7. The van der Waals surface area contributed by atoms with Crippen LogP contribution in [0.25, 0.3) is 88.6 Å². The molecule has 4 N–H and O–H groups in total. The zero-order valence-electron chi connectivity index (χ0n) is 87.7. The summed E-state index contributed by atoms with van der Waals surface area (Å²) in [6, 6.07) is 73.7. The minimum absolute atomic E-state index is 0. The van der Waals surface area contributed by atoms with Gasteiger partial charge in [0.05, 0.1) is 45.1 Å². The van der Waals surface area contributed by atoms with E-state index < -0.39 is 0 Å². The molecule has 16 heteroatoms. The molecule has 0 amide bonds. The molecule has 0 aliphatic heterocycles. The largest absolute Gasteiger partial charge is 0.512 e. The molecular formula is C126H156Ir4N4O8-4. The van der Waals surface area contributed by atoms with Crippen molar-refractivity contribution in [2.45, 2.75) is 317 Å². The topological polar surface area (TPSA) is 201 Å². The van der Waals surface area contributed by atoms with E-state index in [0.717, 1.165) is 218 Å². The van der Waals surface area contributed by atoms with E-state index in [0.29, 0.717) is 11.5 Å². The van der Waals surface area contributed by atoms with Crippen LogP contribution in [0, 0.1) is 115 Å². The fraction of sp³-hybridized carbons (Fsp3) is 0.429. The van der Waals surface area contributed by atoms with Crippen molar-refractivity contribution in [3.05, 3.63) is 308 Å². The molecule has 16 rings (SSSR count). The van der Waals surface area contributed by atoms with E-state index in [1.165, 1.54) is 162 Å². The minimum Gasteiger partial charge on any atom is -0.512 e. The molecule has 4 aromatic heterocycles. The first-order valence-electron chi connectivity index (χ1n) is 51.7. The van der Waals surface area contributed by atoms with Crippen molar-refractivity contribution >= 4 is 66.7 Å². The number of aromatic nitrogens is 4. The monoisotopic (exact) mass is 2630 g/mol. The molecule has 8 aromatic carbocycles. The van der Waals surface area contributed by atoms with Crippen LogP contribution in [0.3, 0.4) is 0 Å². The van der Waals surface area contributed by atoms with Crippen LogP contribution < -0.4 is 0 Å². The van der Waals surface area contributed by atoms with Crippen molar-refractivity contribution in [2.24, 2.45) is 35.5 Å². The Balaban J connectivity index is 0.000000288. The zero-order valence-corrected chi connectivity index (χ0v) is 97.3. The van der Waals surface area contributed by atoms with Crippen molar-refractivity contribution in [3.63, 3.8) is 0 Å². The Morgan fingerprint density at radius 1 is 0.317 bits per heavy atom. The first-order valence-corrected chi connectivity index (χ1v) is 51.7. The Hall–Kier alpha value is -9.16. The van der Waals surface area contributed by atoms with E-state index in [1.54, 1.807) is 6.08 Å². The number of benzene rings is 8. The molecule has 768 valence electrons. The minimum atomic E-state index is -0.125. The number of hydrogen-bond acceptors (Lipinski definition) is 12. The maximum atomic E-state index is 12.0. The van der Waals surface area contributed by atoms with Crippen molar-refractivity contribution in [1.82, 2.24) is 19.9 Å². The van der Waals surface area contributed by atoms with Crippen molar-refractivity contribution in [1.29, 1.82) is 0 Å². The number of rotatable bonds is 26. The third-order valence-electron chi connectivity index (χ3n) is 26.7. The number of allylic oxidation sites excluding steroid dienone is 8. The van der Waals surface area contributed by atoms with Gasteiger partial charge in [0.1, 0.15) is 0 Å². The molecule has 142 heavy (non-hydrogen) atoms. The molecule has 4 heterocycles. The summed E-state index contributed by atoms with van der Waals surface area (Å²) in [5, 5.41) is 43.0. The number of ketones is 4. The fourth-order valence-corrected chi connectivity index (χ4v) is 19.6. The number of carbonyl (C=O) groups is 4. The molecule has 0 atom stereocenters. The molecular weight excluding hydrogens is 2470 g/mol. The second kappa shape index (κ2) is 64.7. The summed E-state index contributed by atoms with van der Waals surface area (Å²) in [6.45, 7) is 36.6. The summed E-state index contributed by atoms with van der Waals surface area (Å²) in [6.07, 6.45) is 38.5. The van der Waals surface area contributed by atoms with Gasteiger partial charge in [-0.05, 0) is 186 Å². The Morgan fingerprint density at radius 2 is 0.599 bits per heavy atom. The molecule has 0 saturated heterocycles. The smallest absolute Gasteiger partial charge is 0.162 e. The normalized spacial score (nSPS) is 14.0. The van der Waals surface area contributed by atoms with E-state index in [2.05, 4.69) is 277 Å². The van der Waals surface area contributed by atoms with E-state index in [-0.39, 0.29) is 151 Å². The second-order valence-corrected chi connectivity index (χ2v) is 38.7. The van der Waals surface area contributed by atoms with E-state index >= 15 is 0 Å². The molecule has 0 bridgehead atoms. The Labute approximate surface area is 905 Å². The fourth-order valence-electron chi connectivity index (χ4n) is 19.6. The predicted molar refractivity (Wildman–Crippen MR) is 577 cm³/mol. The van der Waals surface area contributed by atoms with Gasteiger partial charge in [0, 0.05) is 162 Å². The van der Waals surface area contributed by atoms with Crippen LogP contribution in [-0.4, -0.2) is 63.5 Å². The number of hydrogen-bond donors (Lipinski definition) is 4. The number of fused-ring (bicyclic) bond motifs is 4. The molecule has 4 saturated carbocycles. The SMILES string of the molecule is CC(=O)C=C(C)O.CCC(CC)C(=O)C=C(O)C(CC)CC.CCCc1cc(-c2[c-]c(C)cc(C)c2)nc2ccccc12.CCCc1cccc2nc(-c3[c-]c(C)cc(C)c3)ccc12.CCCc1cccc2nc(-c3[c-]c(C)cc(C)c3)ccc12.CCCc1cccc2nc(-c3[c-]c(C)cc(C)c3)ccc12.O=C(C=C(O)C1CCCC1)C1CCCC1.O=C(C=C(O)C1CCCCC1)C1CCCCC1.[Ir].[Ir].[Ir].[Ir]. The van der Waals surface area contributed by atoms with Gasteiger partial charge < -0.3 is 20.4 Å². The van der Waals surface area contributed by atoms with Gasteiger partial charge in [0.15, 0.2) is 23.1 Å². The zero-order chi connectivity index (χ0) is 99.7. The van der Waals surface area contributed by atoms with Crippen LogP contribution in [-0.2, 0) is 125 Å². The standard InChI is InChI=1S/4C20H20N.C15H24O2.C13H20O2.C13H24O2.C5H8O2.4Ir/c1-4-7-16-13-20(17-11-14(2)10-15(3)12-17)21-19-9-6-5-8-18(16)19;3*1-4-6-16-7-5-8-20-18(16)9-10-19(21-20)17-12-14(2)11-15(3)13-17;16-14(12-7-3-1-4-8-12)11-15(17)13-9-5-2-6-10-13;14-12(10-5-1-2-6-10)9-13(15)11-7-3-4-8-11;1-5-10(6-2)12(14)9-13(15)11(7-3)8-4;1-4(6)3-5(2)7;;;;/h5-6,8-11,13H,4,7H2,1-3H3;3*5,7-12H,4,6H2,1-3H3;11-13,16H,1-10H2;9-11,14H,1-8H2;9-11,14H,5-8H2,1-4H3;3,6H,1-2H3;;;;/q4*-1;;;;;;;;. The van der Waals surface area contributed by atoms with Gasteiger partial charge in [-0.15, -0.1) is 140 Å². The summed E-state index contributed by atoms with van der Waals surface area (Å²) < 4.78 is 0. The summed E-state index contributed by atoms with van der Waals surface area (Å²) in [5.74, 6) is 2.46.